The van der Waals surface area contributed by atoms with Gasteiger partial charge in [0.25, 0.3) is 0 Å². The summed E-state index contributed by atoms with van der Waals surface area (Å²) in [5.41, 5.74) is 0.786. The maximum Gasteiger partial charge on any atom is 0.165 e. The van der Waals surface area contributed by atoms with E-state index in [0.717, 1.165) is 10.0 Å². The lowest BCUT2D eigenvalue weighted by atomic mass is 10.2. The highest BCUT2D eigenvalue weighted by molar-refractivity contribution is 9.11. The molecule has 14 heavy (non-hydrogen) atoms. The van der Waals surface area contributed by atoms with Gasteiger partial charge in [-0.05, 0) is 17.7 Å². The monoisotopic (exact) mass is 259 g/mol. The number of hydrogen-bond donors (Lipinski definition) is 2. The summed E-state index contributed by atoms with van der Waals surface area (Å²) >= 11 is 3.20. The molecule has 4 heteroatoms. The van der Waals surface area contributed by atoms with Crippen molar-refractivity contribution in [3.05, 3.63) is 40.6 Å². The largest absolute Gasteiger partial charge is 0.505 e. The molecule has 2 nitrogen and oxygen atoms in total. The molecule has 0 unspecified atom stereocenters. The number of halogens is 2. The SMILES string of the molecule is C=C(Br)CNCc1ccc(O)c(F)c1. The van der Waals surface area contributed by atoms with Gasteiger partial charge in [-0.3, -0.25) is 0 Å². The summed E-state index contributed by atoms with van der Waals surface area (Å²) in [6.07, 6.45) is 0. The van der Waals surface area contributed by atoms with Crippen molar-refractivity contribution in [1.82, 2.24) is 5.32 Å². The molecule has 2 N–H and O–H groups in total. The number of nitrogens with one attached hydrogen (secondary N) is 1. The Morgan fingerprint density at radius 1 is 1.57 bits per heavy atom. The first-order valence-electron chi connectivity index (χ1n) is 4.11. The summed E-state index contributed by atoms with van der Waals surface area (Å²) in [4.78, 5) is 0. The average Bonchev–Trinajstić information content (AvgIpc) is 2.10. The first kappa shape index (κ1) is 11.2. The molecule has 0 radical (unpaired) electrons. The van der Waals surface area contributed by atoms with E-state index in [-0.39, 0.29) is 5.75 Å². The lowest BCUT2D eigenvalue weighted by Gasteiger charge is -2.04. The minimum absolute atomic E-state index is 0.321. The number of benzene rings is 1. The van der Waals surface area contributed by atoms with Crippen LogP contribution in [-0.4, -0.2) is 11.7 Å². The topological polar surface area (TPSA) is 32.3 Å². The second-order valence-corrected chi connectivity index (χ2v) is 4.03. The fourth-order valence-electron chi connectivity index (χ4n) is 1.00. The molecule has 0 saturated carbocycles. The van der Waals surface area contributed by atoms with Gasteiger partial charge < -0.3 is 10.4 Å². The first-order chi connectivity index (χ1) is 6.59. The van der Waals surface area contributed by atoms with Gasteiger partial charge >= 0.3 is 0 Å². The van der Waals surface area contributed by atoms with E-state index in [2.05, 4.69) is 27.8 Å². The maximum atomic E-state index is 12.9. The highest BCUT2D eigenvalue weighted by atomic mass is 79.9. The van der Waals surface area contributed by atoms with Crippen LogP contribution in [0.3, 0.4) is 0 Å². The summed E-state index contributed by atoms with van der Waals surface area (Å²) in [6, 6.07) is 4.32. The first-order valence-corrected chi connectivity index (χ1v) is 4.90. The van der Waals surface area contributed by atoms with Crippen molar-refractivity contribution in [2.24, 2.45) is 0 Å². The Kier molecular flexibility index (Phi) is 4.10. The minimum atomic E-state index is -0.595. The van der Waals surface area contributed by atoms with Crippen molar-refractivity contribution in [1.29, 1.82) is 0 Å². The standard InChI is InChI=1S/C10H11BrFNO/c1-7(11)5-13-6-8-2-3-10(14)9(12)4-8/h2-4,13-14H,1,5-6H2. The van der Waals surface area contributed by atoms with Gasteiger partial charge in [0.2, 0.25) is 0 Å². The molecule has 1 rings (SSSR count). The summed E-state index contributed by atoms with van der Waals surface area (Å²) < 4.78 is 13.7. The predicted octanol–water partition coefficient (Wildman–Crippen LogP) is 2.53. The van der Waals surface area contributed by atoms with Crippen LogP contribution in [0.15, 0.2) is 29.3 Å². The summed E-state index contributed by atoms with van der Waals surface area (Å²) in [6.45, 7) is 4.83. The Labute approximate surface area is 90.6 Å². The Morgan fingerprint density at radius 2 is 2.29 bits per heavy atom. The van der Waals surface area contributed by atoms with E-state index in [1.165, 1.54) is 12.1 Å². The molecular weight excluding hydrogens is 249 g/mol. The molecule has 0 saturated heterocycles. The smallest absolute Gasteiger partial charge is 0.165 e. The van der Waals surface area contributed by atoms with Crippen LogP contribution in [0, 0.1) is 5.82 Å². The van der Waals surface area contributed by atoms with Crippen LogP contribution in [0.5, 0.6) is 5.75 Å². The fraction of sp³-hybridized carbons (Fsp3) is 0.200. The molecule has 0 aromatic heterocycles. The quantitative estimate of drug-likeness (QED) is 0.871. The number of phenols is 1. The summed E-state index contributed by atoms with van der Waals surface area (Å²) in [5, 5.41) is 12.0. The van der Waals surface area contributed by atoms with E-state index >= 15 is 0 Å². The molecule has 1 aromatic carbocycles. The third-order valence-electron chi connectivity index (χ3n) is 1.66. The Morgan fingerprint density at radius 3 is 2.86 bits per heavy atom. The van der Waals surface area contributed by atoms with Crippen LogP contribution in [0.4, 0.5) is 4.39 Å². The van der Waals surface area contributed by atoms with E-state index in [9.17, 15) is 4.39 Å². The van der Waals surface area contributed by atoms with Gasteiger partial charge in [-0.25, -0.2) is 4.39 Å². The molecule has 0 amide bonds. The zero-order chi connectivity index (χ0) is 10.6. The van der Waals surface area contributed by atoms with Crippen molar-refractivity contribution in [3.63, 3.8) is 0 Å². The highest BCUT2D eigenvalue weighted by Gasteiger charge is 2.00. The van der Waals surface area contributed by atoms with Gasteiger partial charge in [-0.2, -0.15) is 0 Å². The van der Waals surface area contributed by atoms with Crippen molar-refractivity contribution in [3.8, 4) is 5.75 Å². The summed E-state index contributed by atoms with van der Waals surface area (Å²) in [7, 11) is 0. The average molecular weight is 260 g/mol. The number of rotatable bonds is 4. The van der Waals surface area contributed by atoms with E-state index in [1.807, 2.05) is 0 Å². The van der Waals surface area contributed by atoms with Gasteiger partial charge in [-0.1, -0.05) is 28.6 Å². The van der Waals surface area contributed by atoms with Gasteiger partial charge in [0.15, 0.2) is 11.6 Å². The molecule has 0 fully saturated rings. The van der Waals surface area contributed by atoms with Crippen molar-refractivity contribution >= 4 is 15.9 Å². The molecule has 0 aliphatic carbocycles. The normalized spacial score (nSPS) is 10.1. The van der Waals surface area contributed by atoms with Gasteiger partial charge in [-0.15, -0.1) is 0 Å². The van der Waals surface area contributed by atoms with Crippen LogP contribution in [-0.2, 0) is 6.54 Å². The Balaban J connectivity index is 2.51. The minimum Gasteiger partial charge on any atom is -0.505 e. The van der Waals surface area contributed by atoms with Crippen molar-refractivity contribution < 1.29 is 9.50 Å². The molecule has 0 aliphatic heterocycles. The van der Waals surface area contributed by atoms with E-state index < -0.39 is 5.82 Å². The number of aromatic hydroxyl groups is 1. The molecule has 0 bridgehead atoms. The van der Waals surface area contributed by atoms with Crippen molar-refractivity contribution in [2.75, 3.05) is 6.54 Å². The highest BCUT2D eigenvalue weighted by Crippen LogP contribution is 2.15. The molecule has 0 spiro atoms. The molecule has 0 heterocycles. The van der Waals surface area contributed by atoms with E-state index in [1.54, 1.807) is 6.07 Å². The van der Waals surface area contributed by atoms with E-state index in [0.29, 0.717) is 13.1 Å². The lowest BCUT2D eigenvalue weighted by molar-refractivity contribution is 0.431. The number of hydrogen-bond acceptors (Lipinski definition) is 2. The molecular formula is C10H11BrFNO. The third-order valence-corrected chi connectivity index (χ3v) is 1.94. The van der Waals surface area contributed by atoms with Gasteiger partial charge in [0, 0.05) is 17.6 Å². The predicted molar refractivity (Wildman–Crippen MR) is 57.8 cm³/mol. The Bertz CT molecular complexity index is 341. The second-order valence-electron chi connectivity index (χ2n) is 2.91. The zero-order valence-corrected chi connectivity index (χ0v) is 9.14. The zero-order valence-electron chi connectivity index (χ0n) is 7.56. The lowest BCUT2D eigenvalue weighted by Crippen LogP contribution is -2.14. The fourth-order valence-corrected chi connectivity index (χ4v) is 1.20. The molecule has 0 aliphatic rings. The molecule has 1 aromatic rings. The molecule has 76 valence electrons. The Hall–Kier alpha value is -0.870. The second kappa shape index (κ2) is 5.12. The van der Waals surface area contributed by atoms with Crippen LogP contribution in [0.1, 0.15) is 5.56 Å². The number of phenolic OH excluding ortho intramolecular Hbond substituents is 1. The van der Waals surface area contributed by atoms with Crippen LogP contribution >= 0.6 is 15.9 Å². The van der Waals surface area contributed by atoms with Crippen LogP contribution in [0.25, 0.3) is 0 Å². The van der Waals surface area contributed by atoms with Crippen LogP contribution in [0.2, 0.25) is 0 Å². The van der Waals surface area contributed by atoms with Crippen molar-refractivity contribution in [2.45, 2.75) is 6.54 Å². The third kappa shape index (κ3) is 3.47. The van der Waals surface area contributed by atoms with Crippen LogP contribution < -0.4 is 5.32 Å². The van der Waals surface area contributed by atoms with Gasteiger partial charge in [0.1, 0.15) is 0 Å². The van der Waals surface area contributed by atoms with E-state index in [4.69, 9.17) is 5.11 Å². The van der Waals surface area contributed by atoms with Gasteiger partial charge in [0.05, 0.1) is 0 Å². The summed E-state index contributed by atoms with van der Waals surface area (Å²) in [5.74, 6) is -0.916. The molecule has 0 atom stereocenters. The maximum absolute atomic E-state index is 12.9.